The van der Waals surface area contributed by atoms with E-state index in [1.807, 2.05) is 13.8 Å². The summed E-state index contributed by atoms with van der Waals surface area (Å²) in [5.41, 5.74) is 1.23. The first-order valence-electron chi connectivity index (χ1n) is 9.93. The summed E-state index contributed by atoms with van der Waals surface area (Å²) in [6.07, 6.45) is -1.41. The van der Waals surface area contributed by atoms with Gasteiger partial charge < -0.3 is 15.3 Å². The quantitative estimate of drug-likeness (QED) is 0.731. The van der Waals surface area contributed by atoms with Crippen LogP contribution in [0.5, 0.6) is 0 Å². The van der Waals surface area contributed by atoms with E-state index in [4.69, 9.17) is 0 Å². The van der Waals surface area contributed by atoms with Gasteiger partial charge in [0.1, 0.15) is 11.6 Å². The van der Waals surface area contributed by atoms with Gasteiger partial charge in [-0.05, 0) is 31.4 Å². The molecule has 0 aliphatic carbocycles. The molecular weight excluding hydrogens is 413 g/mol. The largest absolute Gasteiger partial charge is 0.465 e. The van der Waals surface area contributed by atoms with Crippen molar-refractivity contribution in [2.75, 3.05) is 25.0 Å². The lowest BCUT2D eigenvalue weighted by Crippen LogP contribution is -2.38. The second-order valence-electron chi connectivity index (χ2n) is 8.26. The maximum Gasteiger partial charge on any atom is 0.451 e. The first-order valence-corrected chi connectivity index (χ1v) is 9.93. The normalized spacial score (nSPS) is 15.7. The Hall–Kier alpha value is -2.98. The number of hydrogen-bond acceptors (Lipinski definition) is 6. The van der Waals surface area contributed by atoms with E-state index in [-0.39, 0.29) is 11.7 Å². The van der Waals surface area contributed by atoms with Gasteiger partial charge in [-0.1, -0.05) is 13.8 Å². The summed E-state index contributed by atoms with van der Waals surface area (Å²) < 4.78 is 38.6. The number of anilines is 1. The lowest BCUT2D eigenvalue weighted by Gasteiger charge is -2.34. The predicted molar refractivity (Wildman–Crippen MR) is 107 cm³/mol. The number of aryl methyl sites for hydroxylation is 1. The fraction of sp³-hybridized carbons (Fsp3) is 0.550. The number of halogens is 3. The molecular formula is C20H25F3N6O2. The molecule has 168 valence electrons. The average molecular weight is 438 g/mol. The van der Waals surface area contributed by atoms with Crippen molar-refractivity contribution in [3.8, 4) is 0 Å². The molecule has 2 aromatic heterocycles. The van der Waals surface area contributed by atoms with Gasteiger partial charge in [-0.15, -0.1) is 0 Å². The summed E-state index contributed by atoms with van der Waals surface area (Å²) in [7, 11) is 0. The van der Waals surface area contributed by atoms with Crippen LogP contribution >= 0.6 is 0 Å². The maximum atomic E-state index is 12.9. The Bertz CT molecular complexity index is 943. The minimum Gasteiger partial charge on any atom is -0.465 e. The highest BCUT2D eigenvalue weighted by Gasteiger charge is 2.35. The van der Waals surface area contributed by atoms with Crippen LogP contribution in [0.4, 0.5) is 23.8 Å². The Labute approximate surface area is 178 Å². The number of nitrogens with zero attached hydrogens (tertiary/aromatic N) is 5. The van der Waals surface area contributed by atoms with Gasteiger partial charge in [0.15, 0.2) is 0 Å². The summed E-state index contributed by atoms with van der Waals surface area (Å²) >= 11 is 0. The number of hydrogen-bond donors (Lipinski definition) is 2. The van der Waals surface area contributed by atoms with E-state index in [2.05, 4.69) is 25.3 Å². The van der Waals surface area contributed by atoms with E-state index in [0.717, 1.165) is 17.5 Å². The number of carbonyl (C=O) groups is 1. The van der Waals surface area contributed by atoms with Crippen molar-refractivity contribution >= 4 is 11.9 Å². The third-order valence-corrected chi connectivity index (χ3v) is 5.44. The van der Waals surface area contributed by atoms with Gasteiger partial charge in [0.05, 0.1) is 5.69 Å². The zero-order chi connectivity index (χ0) is 22.8. The number of rotatable bonds is 5. The van der Waals surface area contributed by atoms with Gasteiger partial charge in [0, 0.05) is 43.4 Å². The molecule has 1 saturated heterocycles. The van der Waals surface area contributed by atoms with Crippen LogP contribution in [-0.2, 0) is 11.6 Å². The topological polar surface area (TPSA) is 104 Å². The molecule has 0 aromatic carbocycles. The molecule has 0 saturated carbocycles. The van der Waals surface area contributed by atoms with E-state index in [0.29, 0.717) is 38.3 Å². The van der Waals surface area contributed by atoms with Crippen LogP contribution < -0.4 is 5.32 Å². The number of aromatic nitrogens is 4. The SMILES string of the molecule is Cc1ncc(C(C)(C)CNc2ccnc(C(F)(F)F)n2)c(C2CCN(C(=O)O)CC2)n1. The van der Waals surface area contributed by atoms with Crippen molar-refractivity contribution in [3.05, 3.63) is 41.4 Å². The molecule has 0 spiro atoms. The molecule has 1 amide bonds. The molecule has 11 heteroatoms. The molecule has 8 nitrogen and oxygen atoms in total. The van der Waals surface area contributed by atoms with Crippen molar-refractivity contribution < 1.29 is 23.1 Å². The van der Waals surface area contributed by atoms with Crippen LogP contribution in [0.2, 0.25) is 0 Å². The fourth-order valence-electron chi connectivity index (χ4n) is 3.66. The van der Waals surface area contributed by atoms with Crippen molar-refractivity contribution in [3.63, 3.8) is 0 Å². The van der Waals surface area contributed by atoms with Crippen LogP contribution in [0.3, 0.4) is 0 Å². The smallest absolute Gasteiger partial charge is 0.451 e. The Balaban J connectivity index is 1.79. The monoisotopic (exact) mass is 438 g/mol. The van der Waals surface area contributed by atoms with Crippen molar-refractivity contribution in [2.24, 2.45) is 0 Å². The van der Waals surface area contributed by atoms with Crippen LogP contribution in [-0.4, -0.2) is 55.7 Å². The number of nitrogens with one attached hydrogen (secondary N) is 1. The van der Waals surface area contributed by atoms with E-state index in [1.54, 1.807) is 13.1 Å². The van der Waals surface area contributed by atoms with E-state index >= 15 is 0 Å². The van der Waals surface area contributed by atoms with E-state index in [9.17, 15) is 23.1 Å². The van der Waals surface area contributed by atoms with Gasteiger partial charge >= 0.3 is 12.3 Å². The standard InChI is InChI=1S/C20H25F3N6O2/c1-12-25-10-14(16(27-12)13-5-8-29(9-6-13)18(30)31)19(2,3)11-26-15-4-7-24-17(28-15)20(21,22)23/h4,7,10,13H,5-6,8-9,11H2,1-3H3,(H,30,31)(H,24,26,28). The van der Waals surface area contributed by atoms with E-state index < -0.39 is 23.5 Å². The molecule has 2 N–H and O–H groups in total. The van der Waals surface area contributed by atoms with Crippen LogP contribution in [0.1, 0.15) is 55.5 Å². The van der Waals surface area contributed by atoms with Gasteiger partial charge in [-0.3, -0.25) is 0 Å². The number of alkyl halides is 3. The summed E-state index contributed by atoms with van der Waals surface area (Å²) in [6.45, 7) is 6.87. The summed E-state index contributed by atoms with van der Waals surface area (Å²) in [4.78, 5) is 28.4. The van der Waals surface area contributed by atoms with Gasteiger partial charge in [-0.2, -0.15) is 13.2 Å². The zero-order valence-electron chi connectivity index (χ0n) is 17.6. The molecule has 31 heavy (non-hydrogen) atoms. The minimum absolute atomic E-state index is 0.0831. The molecule has 3 rings (SSSR count). The molecule has 0 atom stereocenters. The van der Waals surface area contributed by atoms with Crippen molar-refractivity contribution in [2.45, 2.75) is 51.1 Å². The summed E-state index contributed by atoms with van der Waals surface area (Å²) in [5.74, 6) is -0.407. The number of carboxylic acid groups (broad SMARTS) is 1. The van der Waals surface area contributed by atoms with Crippen LogP contribution in [0.25, 0.3) is 0 Å². The lowest BCUT2D eigenvalue weighted by atomic mass is 9.79. The summed E-state index contributed by atoms with van der Waals surface area (Å²) in [6, 6.07) is 1.39. The average Bonchev–Trinajstić information content (AvgIpc) is 2.72. The lowest BCUT2D eigenvalue weighted by molar-refractivity contribution is -0.144. The molecule has 0 bridgehead atoms. The second kappa shape index (κ2) is 8.64. The van der Waals surface area contributed by atoms with Crippen LogP contribution in [0.15, 0.2) is 18.5 Å². The number of piperidine rings is 1. The van der Waals surface area contributed by atoms with Crippen molar-refractivity contribution in [1.82, 2.24) is 24.8 Å². The Morgan fingerprint density at radius 1 is 1.23 bits per heavy atom. The third kappa shape index (κ3) is 5.39. The molecule has 0 radical (unpaired) electrons. The molecule has 0 unspecified atom stereocenters. The first-order chi connectivity index (χ1) is 14.5. The maximum absolute atomic E-state index is 12.9. The summed E-state index contributed by atoms with van der Waals surface area (Å²) in [5, 5.41) is 12.2. The predicted octanol–water partition coefficient (Wildman–Crippen LogP) is 3.84. The molecule has 1 aliphatic rings. The number of likely N-dealkylation sites (tertiary alicyclic amines) is 1. The molecule has 2 aromatic rings. The van der Waals surface area contributed by atoms with E-state index in [1.165, 1.54) is 11.0 Å². The highest BCUT2D eigenvalue weighted by atomic mass is 19.4. The zero-order valence-corrected chi connectivity index (χ0v) is 17.6. The van der Waals surface area contributed by atoms with Gasteiger partial charge in [0.25, 0.3) is 0 Å². The Kier molecular flexibility index (Phi) is 6.33. The highest BCUT2D eigenvalue weighted by molar-refractivity contribution is 5.65. The van der Waals surface area contributed by atoms with Crippen LogP contribution in [0, 0.1) is 6.92 Å². The Morgan fingerprint density at radius 2 is 1.90 bits per heavy atom. The number of amides is 1. The first kappa shape index (κ1) is 22.7. The fourth-order valence-corrected chi connectivity index (χ4v) is 3.66. The Morgan fingerprint density at radius 3 is 2.52 bits per heavy atom. The molecule has 3 heterocycles. The van der Waals surface area contributed by atoms with Gasteiger partial charge in [0.2, 0.25) is 5.82 Å². The minimum atomic E-state index is -4.62. The highest BCUT2D eigenvalue weighted by Crippen LogP contribution is 2.35. The van der Waals surface area contributed by atoms with Gasteiger partial charge in [-0.25, -0.2) is 24.7 Å². The molecule has 1 fully saturated rings. The van der Waals surface area contributed by atoms with Crippen molar-refractivity contribution in [1.29, 1.82) is 0 Å². The third-order valence-electron chi connectivity index (χ3n) is 5.44. The molecule has 1 aliphatic heterocycles. The second-order valence-corrected chi connectivity index (χ2v) is 8.26.